The molecule has 1 fully saturated rings. The molecule has 1 saturated heterocycles. The standard InChI is InChI=1S/C15H23ClN2S/c1-12(13-4-6-14(16)7-5-13)18(2)15(10-17)8-3-9-19-11-15/h4-7,12H,3,8-11,17H2,1-2H3. The first-order chi connectivity index (χ1) is 9.09. The summed E-state index contributed by atoms with van der Waals surface area (Å²) in [5, 5.41) is 0.792. The van der Waals surface area contributed by atoms with E-state index in [0.29, 0.717) is 6.04 Å². The normalized spacial score (nSPS) is 25.5. The van der Waals surface area contributed by atoms with Crippen LogP contribution in [-0.2, 0) is 0 Å². The molecule has 2 nitrogen and oxygen atoms in total. The molecule has 1 aliphatic heterocycles. The summed E-state index contributed by atoms with van der Waals surface area (Å²) in [6.45, 7) is 2.98. The van der Waals surface area contributed by atoms with Gasteiger partial charge in [-0.3, -0.25) is 4.90 Å². The van der Waals surface area contributed by atoms with E-state index in [2.05, 4.69) is 31.0 Å². The van der Waals surface area contributed by atoms with Crippen molar-refractivity contribution in [2.75, 3.05) is 25.1 Å². The van der Waals surface area contributed by atoms with Crippen molar-refractivity contribution in [3.05, 3.63) is 34.9 Å². The van der Waals surface area contributed by atoms with Gasteiger partial charge in [-0.25, -0.2) is 0 Å². The Kier molecular flexibility index (Phi) is 5.18. The van der Waals surface area contributed by atoms with Gasteiger partial charge in [-0.15, -0.1) is 0 Å². The van der Waals surface area contributed by atoms with Gasteiger partial charge in [-0.1, -0.05) is 23.7 Å². The number of rotatable bonds is 4. The second-order valence-electron chi connectivity index (χ2n) is 5.42. The van der Waals surface area contributed by atoms with Crippen molar-refractivity contribution in [3.8, 4) is 0 Å². The maximum Gasteiger partial charge on any atom is 0.0425 e. The van der Waals surface area contributed by atoms with E-state index in [9.17, 15) is 0 Å². The second kappa shape index (κ2) is 6.49. The number of thioether (sulfide) groups is 1. The lowest BCUT2D eigenvalue weighted by atomic mass is 9.91. The Balaban J connectivity index is 2.16. The minimum absolute atomic E-state index is 0.141. The molecule has 19 heavy (non-hydrogen) atoms. The zero-order valence-electron chi connectivity index (χ0n) is 11.7. The van der Waals surface area contributed by atoms with Crippen molar-refractivity contribution in [3.63, 3.8) is 0 Å². The number of nitrogens with zero attached hydrogens (tertiary/aromatic N) is 1. The van der Waals surface area contributed by atoms with Gasteiger partial charge in [0.25, 0.3) is 0 Å². The first-order valence-corrected chi connectivity index (χ1v) is 8.38. The lowest BCUT2D eigenvalue weighted by Crippen LogP contribution is -2.56. The van der Waals surface area contributed by atoms with Crippen LogP contribution in [0.5, 0.6) is 0 Å². The van der Waals surface area contributed by atoms with Gasteiger partial charge in [0, 0.05) is 28.9 Å². The molecule has 0 spiro atoms. The Bertz CT molecular complexity index is 401. The molecule has 2 rings (SSSR count). The third kappa shape index (κ3) is 3.27. The maximum absolute atomic E-state index is 6.10. The third-order valence-corrected chi connectivity index (χ3v) is 5.93. The molecule has 0 bridgehead atoms. The zero-order chi connectivity index (χ0) is 13.9. The average molecular weight is 299 g/mol. The average Bonchev–Trinajstić information content (AvgIpc) is 2.47. The van der Waals surface area contributed by atoms with Crippen LogP contribution >= 0.6 is 23.4 Å². The van der Waals surface area contributed by atoms with Gasteiger partial charge >= 0.3 is 0 Å². The van der Waals surface area contributed by atoms with Gasteiger partial charge in [0.1, 0.15) is 0 Å². The summed E-state index contributed by atoms with van der Waals surface area (Å²) in [6.07, 6.45) is 2.46. The van der Waals surface area contributed by atoms with E-state index in [1.807, 2.05) is 23.9 Å². The van der Waals surface area contributed by atoms with Gasteiger partial charge in [0.15, 0.2) is 0 Å². The van der Waals surface area contributed by atoms with E-state index in [1.165, 1.54) is 24.2 Å². The molecular weight excluding hydrogens is 276 g/mol. The molecule has 1 aliphatic rings. The highest BCUT2D eigenvalue weighted by atomic mass is 35.5. The van der Waals surface area contributed by atoms with E-state index in [-0.39, 0.29) is 5.54 Å². The monoisotopic (exact) mass is 298 g/mol. The Hall–Kier alpha value is -0.220. The molecule has 2 unspecified atom stereocenters. The topological polar surface area (TPSA) is 29.3 Å². The lowest BCUT2D eigenvalue weighted by Gasteiger charge is -2.46. The molecule has 1 aromatic carbocycles. The van der Waals surface area contributed by atoms with Gasteiger partial charge < -0.3 is 5.73 Å². The largest absolute Gasteiger partial charge is 0.329 e. The van der Waals surface area contributed by atoms with Gasteiger partial charge in [0.05, 0.1) is 0 Å². The molecule has 1 aromatic rings. The van der Waals surface area contributed by atoms with Crippen molar-refractivity contribution >= 4 is 23.4 Å². The molecule has 106 valence electrons. The first-order valence-electron chi connectivity index (χ1n) is 6.85. The van der Waals surface area contributed by atoms with Gasteiger partial charge in [-0.05, 0) is 50.3 Å². The molecular formula is C15H23ClN2S. The predicted molar refractivity (Wildman–Crippen MR) is 86.0 cm³/mol. The van der Waals surface area contributed by atoms with Crippen LogP contribution in [0.2, 0.25) is 5.02 Å². The molecule has 0 aliphatic carbocycles. The van der Waals surface area contributed by atoms with Crippen LogP contribution in [0, 0.1) is 0 Å². The Morgan fingerprint density at radius 1 is 1.42 bits per heavy atom. The highest BCUT2D eigenvalue weighted by molar-refractivity contribution is 7.99. The summed E-state index contributed by atoms with van der Waals surface area (Å²) >= 11 is 7.99. The predicted octanol–water partition coefficient (Wildman–Crippen LogP) is 3.56. The van der Waals surface area contributed by atoms with Crippen LogP contribution in [0.1, 0.15) is 31.4 Å². The molecule has 2 N–H and O–H groups in total. The quantitative estimate of drug-likeness (QED) is 0.921. The highest BCUT2D eigenvalue weighted by Crippen LogP contribution is 2.35. The third-order valence-electron chi connectivity index (χ3n) is 4.36. The number of hydrogen-bond donors (Lipinski definition) is 1. The van der Waals surface area contributed by atoms with Crippen LogP contribution in [0.15, 0.2) is 24.3 Å². The number of hydrogen-bond acceptors (Lipinski definition) is 3. The van der Waals surface area contributed by atoms with E-state index in [1.54, 1.807) is 0 Å². The summed E-state index contributed by atoms with van der Waals surface area (Å²) < 4.78 is 0. The van der Waals surface area contributed by atoms with Gasteiger partial charge in [-0.2, -0.15) is 11.8 Å². The number of nitrogens with two attached hydrogens (primary N) is 1. The summed E-state index contributed by atoms with van der Waals surface area (Å²) in [6, 6.07) is 8.52. The summed E-state index contributed by atoms with van der Waals surface area (Å²) in [7, 11) is 2.21. The fraction of sp³-hybridized carbons (Fsp3) is 0.600. The first kappa shape index (κ1) is 15.2. The summed E-state index contributed by atoms with van der Waals surface area (Å²) in [5.41, 5.74) is 7.55. The minimum Gasteiger partial charge on any atom is -0.329 e. The number of benzene rings is 1. The molecule has 0 saturated carbocycles. The SMILES string of the molecule is CC(c1ccc(Cl)cc1)N(C)C1(CN)CCCSC1. The Morgan fingerprint density at radius 3 is 2.63 bits per heavy atom. The van der Waals surface area contributed by atoms with Crippen molar-refractivity contribution in [2.24, 2.45) is 5.73 Å². The van der Waals surface area contributed by atoms with Crippen LogP contribution in [0.3, 0.4) is 0 Å². The molecule has 2 atom stereocenters. The fourth-order valence-corrected chi connectivity index (χ4v) is 4.26. The molecule has 1 heterocycles. The van der Waals surface area contributed by atoms with Crippen LogP contribution in [-0.4, -0.2) is 35.5 Å². The number of halogens is 1. The summed E-state index contributed by atoms with van der Waals surface area (Å²) in [4.78, 5) is 2.46. The molecule has 4 heteroatoms. The molecule has 0 radical (unpaired) electrons. The fourth-order valence-electron chi connectivity index (χ4n) is 2.80. The van der Waals surface area contributed by atoms with Crippen molar-refractivity contribution < 1.29 is 0 Å². The lowest BCUT2D eigenvalue weighted by molar-refractivity contribution is 0.0930. The Labute approximate surface area is 125 Å². The van der Waals surface area contributed by atoms with Crippen LogP contribution in [0.4, 0.5) is 0 Å². The van der Waals surface area contributed by atoms with Crippen molar-refractivity contribution in [1.29, 1.82) is 0 Å². The second-order valence-corrected chi connectivity index (χ2v) is 6.96. The Morgan fingerprint density at radius 2 is 2.11 bits per heavy atom. The van der Waals surface area contributed by atoms with Crippen molar-refractivity contribution in [1.82, 2.24) is 4.90 Å². The van der Waals surface area contributed by atoms with E-state index in [4.69, 9.17) is 17.3 Å². The summed E-state index contributed by atoms with van der Waals surface area (Å²) in [5.74, 6) is 2.41. The number of likely N-dealkylation sites (N-methyl/N-ethyl adjacent to an activating group) is 1. The minimum atomic E-state index is 0.141. The molecule has 0 amide bonds. The molecule has 0 aromatic heterocycles. The van der Waals surface area contributed by atoms with Crippen LogP contribution in [0.25, 0.3) is 0 Å². The van der Waals surface area contributed by atoms with E-state index < -0.39 is 0 Å². The van der Waals surface area contributed by atoms with E-state index >= 15 is 0 Å². The van der Waals surface area contributed by atoms with Crippen LogP contribution < -0.4 is 5.73 Å². The van der Waals surface area contributed by atoms with Gasteiger partial charge in [0.2, 0.25) is 0 Å². The highest BCUT2D eigenvalue weighted by Gasteiger charge is 2.37. The smallest absolute Gasteiger partial charge is 0.0425 e. The van der Waals surface area contributed by atoms with Crippen molar-refractivity contribution in [2.45, 2.75) is 31.3 Å². The van der Waals surface area contributed by atoms with E-state index in [0.717, 1.165) is 17.3 Å². The maximum atomic E-state index is 6.10. The zero-order valence-corrected chi connectivity index (χ0v) is 13.3.